The Hall–Kier alpha value is -2.24. The quantitative estimate of drug-likeness (QED) is 0.706. The highest BCUT2D eigenvalue weighted by molar-refractivity contribution is 6.30. The Bertz CT molecular complexity index is 677. The first kappa shape index (κ1) is 20.1. The van der Waals surface area contributed by atoms with Crippen molar-refractivity contribution in [3.63, 3.8) is 0 Å². The fraction of sp³-hybridized carbons (Fsp3) is 0.350. The lowest BCUT2D eigenvalue weighted by Gasteiger charge is -2.27. The van der Waals surface area contributed by atoms with E-state index in [1.807, 2.05) is 49.1 Å². The molecule has 1 atom stereocenters. The van der Waals surface area contributed by atoms with E-state index in [9.17, 15) is 9.90 Å². The number of ether oxygens (including phenoxy) is 1. The van der Waals surface area contributed by atoms with E-state index >= 15 is 0 Å². The van der Waals surface area contributed by atoms with E-state index < -0.39 is 6.10 Å². The molecule has 0 aromatic heterocycles. The topological polar surface area (TPSA) is 61.8 Å². The second kappa shape index (κ2) is 10.0. The fourth-order valence-corrected chi connectivity index (χ4v) is 2.60. The van der Waals surface area contributed by atoms with Gasteiger partial charge in [-0.1, -0.05) is 29.8 Å². The molecule has 140 valence electrons. The van der Waals surface area contributed by atoms with Crippen LogP contribution >= 0.6 is 11.6 Å². The Balaban J connectivity index is 1.96. The third-order valence-electron chi connectivity index (χ3n) is 3.59. The number of hydrogen-bond donors (Lipinski definition) is 2. The maximum atomic E-state index is 12.2. The van der Waals surface area contributed by atoms with Gasteiger partial charge in [-0.15, -0.1) is 0 Å². The highest BCUT2D eigenvalue weighted by Gasteiger charge is 2.17. The normalized spacial score (nSPS) is 11.9. The van der Waals surface area contributed by atoms with Crippen LogP contribution < -0.4 is 15.0 Å². The van der Waals surface area contributed by atoms with Gasteiger partial charge in [0.25, 0.3) is 0 Å². The van der Waals surface area contributed by atoms with Gasteiger partial charge >= 0.3 is 0 Å². The Morgan fingerprint density at radius 2 is 1.81 bits per heavy atom. The van der Waals surface area contributed by atoms with Crippen molar-refractivity contribution in [1.29, 1.82) is 0 Å². The van der Waals surface area contributed by atoms with Crippen LogP contribution in [-0.4, -0.2) is 42.9 Å². The first-order chi connectivity index (χ1) is 12.4. The lowest BCUT2D eigenvalue weighted by molar-refractivity contribution is -0.120. The molecular formula is C20H25ClN2O3. The summed E-state index contributed by atoms with van der Waals surface area (Å²) in [6, 6.07) is 16.6. The average molecular weight is 377 g/mol. The number of para-hydroxylation sites is 1. The molecule has 2 aromatic rings. The average Bonchev–Trinajstić information content (AvgIpc) is 2.61. The second-order valence-electron chi connectivity index (χ2n) is 6.36. The molecule has 0 saturated carbocycles. The van der Waals surface area contributed by atoms with Crippen LogP contribution in [0.15, 0.2) is 54.6 Å². The number of halogens is 1. The van der Waals surface area contributed by atoms with E-state index in [2.05, 4.69) is 5.32 Å². The number of hydrogen-bond acceptors (Lipinski definition) is 4. The zero-order chi connectivity index (χ0) is 18.9. The molecule has 0 heterocycles. The predicted molar refractivity (Wildman–Crippen MR) is 105 cm³/mol. The van der Waals surface area contributed by atoms with Gasteiger partial charge in [-0.2, -0.15) is 0 Å². The molecule has 0 bridgehead atoms. The van der Waals surface area contributed by atoms with Crippen molar-refractivity contribution < 1.29 is 14.6 Å². The largest absolute Gasteiger partial charge is 0.491 e. The summed E-state index contributed by atoms with van der Waals surface area (Å²) in [6.45, 7) is 4.40. The standard InChI is InChI=1S/C20H25ClN2O3/c1-15(2)22-20(25)13-23(17-6-4-3-5-7-17)12-18(24)14-26-19-10-8-16(21)9-11-19/h3-11,15,18,24H,12-14H2,1-2H3,(H,22,25). The van der Waals surface area contributed by atoms with E-state index in [-0.39, 0.29) is 31.6 Å². The van der Waals surface area contributed by atoms with Gasteiger partial charge in [0.2, 0.25) is 5.91 Å². The second-order valence-corrected chi connectivity index (χ2v) is 6.79. The van der Waals surface area contributed by atoms with Gasteiger partial charge in [0.05, 0.1) is 6.54 Å². The van der Waals surface area contributed by atoms with Crippen molar-refractivity contribution in [1.82, 2.24) is 5.32 Å². The summed E-state index contributed by atoms with van der Waals surface area (Å²) in [5, 5.41) is 13.9. The lowest BCUT2D eigenvalue weighted by atomic mass is 10.2. The third-order valence-corrected chi connectivity index (χ3v) is 3.84. The Morgan fingerprint density at radius 1 is 1.15 bits per heavy atom. The molecule has 0 fully saturated rings. The number of carbonyl (C=O) groups is 1. The van der Waals surface area contributed by atoms with Crippen LogP contribution in [-0.2, 0) is 4.79 Å². The first-order valence-electron chi connectivity index (χ1n) is 8.60. The molecule has 2 rings (SSSR count). The molecule has 5 nitrogen and oxygen atoms in total. The van der Waals surface area contributed by atoms with Crippen molar-refractivity contribution in [2.45, 2.75) is 26.0 Å². The Labute approximate surface area is 159 Å². The summed E-state index contributed by atoms with van der Waals surface area (Å²) in [5.41, 5.74) is 0.872. The minimum absolute atomic E-state index is 0.0679. The smallest absolute Gasteiger partial charge is 0.239 e. The minimum Gasteiger partial charge on any atom is -0.491 e. The van der Waals surface area contributed by atoms with Crippen molar-refractivity contribution in [2.24, 2.45) is 0 Å². The molecule has 1 unspecified atom stereocenters. The maximum absolute atomic E-state index is 12.2. The number of aliphatic hydroxyl groups is 1. The highest BCUT2D eigenvalue weighted by Crippen LogP contribution is 2.17. The van der Waals surface area contributed by atoms with Crippen LogP contribution in [0.2, 0.25) is 5.02 Å². The summed E-state index contributed by atoms with van der Waals surface area (Å²) >= 11 is 5.85. The summed E-state index contributed by atoms with van der Waals surface area (Å²) < 4.78 is 5.59. The first-order valence-corrected chi connectivity index (χ1v) is 8.97. The zero-order valence-electron chi connectivity index (χ0n) is 15.1. The number of nitrogens with zero attached hydrogens (tertiary/aromatic N) is 1. The van der Waals surface area contributed by atoms with E-state index in [0.29, 0.717) is 10.8 Å². The van der Waals surface area contributed by atoms with Crippen molar-refractivity contribution in [3.05, 3.63) is 59.6 Å². The molecule has 6 heteroatoms. The van der Waals surface area contributed by atoms with E-state index in [1.54, 1.807) is 24.3 Å². The lowest BCUT2D eigenvalue weighted by Crippen LogP contribution is -2.44. The molecule has 0 aliphatic carbocycles. The minimum atomic E-state index is -0.752. The Morgan fingerprint density at radius 3 is 2.42 bits per heavy atom. The van der Waals surface area contributed by atoms with Gasteiger partial charge in [0.15, 0.2) is 0 Å². The van der Waals surface area contributed by atoms with E-state index in [4.69, 9.17) is 16.3 Å². The van der Waals surface area contributed by atoms with Crippen molar-refractivity contribution >= 4 is 23.2 Å². The summed E-state index contributed by atoms with van der Waals surface area (Å²) in [4.78, 5) is 14.0. The molecule has 0 radical (unpaired) electrons. The molecule has 2 N–H and O–H groups in total. The third kappa shape index (κ3) is 6.94. The molecule has 2 aromatic carbocycles. The molecule has 0 aliphatic rings. The summed E-state index contributed by atoms with van der Waals surface area (Å²) in [6.07, 6.45) is -0.752. The van der Waals surface area contributed by atoms with E-state index in [0.717, 1.165) is 5.69 Å². The predicted octanol–water partition coefficient (Wildman–Crippen LogP) is 3.11. The van der Waals surface area contributed by atoms with Crippen LogP contribution in [0.5, 0.6) is 5.75 Å². The van der Waals surface area contributed by atoms with Crippen LogP contribution in [0.3, 0.4) is 0 Å². The van der Waals surface area contributed by atoms with Gasteiger partial charge in [-0.05, 0) is 50.2 Å². The SMILES string of the molecule is CC(C)NC(=O)CN(CC(O)COc1ccc(Cl)cc1)c1ccccc1. The van der Waals surface area contributed by atoms with Crippen LogP contribution in [0.25, 0.3) is 0 Å². The van der Waals surface area contributed by atoms with Crippen LogP contribution in [0.1, 0.15) is 13.8 Å². The van der Waals surface area contributed by atoms with Gasteiger partial charge < -0.3 is 20.1 Å². The number of benzene rings is 2. The van der Waals surface area contributed by atoms with E-state index in [1.165, 1.54) is 0 Å². The summed E-state index contributed by atoms with van der Waals surface area (Å²) in [5.74, 6) is 0.548. The van der Waals surface area contributed by atoms with Crippen LogP contribution in [0.4, 0.5) is 5.69 Å². The maximum Gasteiger partial charge on any atom is 0.239 e. The number of rotatable bonds is 9. The highest BCUT2D eigenvalue weighted by atomic mass is 35.5. The molecule has 0 spiro atoms. The Kier molecular flexibility index (Phi) is 7.75. The van der Waals surface area contributed by atoms with Gasteiger partial charge in [-0.25, -0.2) is 0 Å². The number of aliphatic hydroxyl groups excluding tert-OH is 1. The number of carbonyl (C=O) groups excluding carboxylic acids is 1. The molecular weight excluding hydrogens is 352 g/mol. The molecule has 0 aliphatic heterocycles. The molecule has 0 saturated heterocycles. The van der Waals surface area contributed by atoms with Gasteiger partial charge in [-0.3, -0.25) is 4.79 Å². The van der Waals surface area contributed by atoms with Crippen LogP contribution in [0, 0.1) is 0 Å². The fourth-order valence-electron chi connectivity index (χ4n) is 2.47. The zero-order valence-corrected chi connectivity index (χ0v) is 15.8. The van der Waals surface area contributed by atoms with Crippen molar-refractivity contribution in [3.8, 4) is 5.75 Å². The van der Waals surface area contributed by atoms with Gasteiger partial charge in [0, 0.05) is 23.3 Å². The number of nitrogens with one attached hydrogen (secondary N) is 1. The number of amides is 1. The molecule has 26 heavy (non-hydrogen) atoms. The summed E-state index contributed by atoms with van der Waals surface area (Å²) in [7, 11) is 0. The molecule has 1 amide bonds. The van der Waals surface area contributed by atoms with Crippen molar-refractivity contribution in [2.75, 3.05) is 24.6 Å². The van der Waals surface area contributed by atoms with Gasteiger partial charge in [0.1, 0.15) is 18.5 Å². The monoisotopic (exact) mass is 376 g/mol. The number of anilines is 1.